The van der Waals surface area contributed by atoms with Gasteiger partial charge in [-0.1, -0.05) is 6.07 Å². The summed E-state index contributed by atoms with van der Waals surface area (Å²) in [6, 6.07) is 6.21. The number of ether oxygens (including phenoxy) is 1. The molecule has 0 N–H and O–H groups in total. The zero-order chi connectivity index (χ0) is 13.2. The molecule has 3 nitrogen and oxygen atoms in total. The van der Waals surface area contributed by atoms with Gasteiger partial charge in [0.1, 0.15) is 5.75 Å². The van der Waals surface area contributed by atoms with Crippen molar-refractivity contribution in [3.8, 4) is 11.6 Å². The van der Waals surface area contributed by atoms with Crippen LogP contribution in [0.3, 0.4) is 0 Å². The SMILES string of the molecule is Clc1ncc(Br)c(Oc2ccc3c(c2)CCCC3)n1. The van der Waals surface area contributed by atoms with E-state index in [0.717, 1.165) is 12.2 Å². The van der Waals surface area contributed by atoms with Gasteiger partial charge in [0.25, 0.3) is 0 Å². The summed E-state index contributed by atoms with van der Waals surface area (Å²) in [6.07, 6.45) is 6.40. The van der Waals surface area contributed by atoms with E-state index in [1.807, 2.05) is 6.07 Å². The highest BCUT2D eigenvalue weighted by Gasteiger charge is 2.12. The molecule has 98 valence electrons. The van der Waals surface area contributed by atoms with Gasteiger partial charge in [-0.2, -0.15) is 4.98 Å². The molecule has 0 unspecified atom stereocenters. The molecule has 0 atom stereocenters. The van der Waals surface area contributed by atoms with E-state index in [4.69, 9.17) is 16.3 Å². The number of hydrogen-bond donors (Lipinski definition) is 0. The van der Waals surface area contributed by atoms with Gasteiger partial charge in [-0.15, -0.1) is 0 Å². The first kappa shape index (κ1) is 12.9. The van der Waals surface area contributed by atoms with E-state index < -0.39 is 0 Å². The Labute approximate surface area is 125 Å². The highest BCUT2D eigenvalue weighted by molar-refractivity contribution is 9.10. The van der Waals surface area contributed by atoms with Crippen molar-refractivity contribution in [2.24, 2.45) is 0 Å². The Kier molecular flexibility index (Phi) is 3.71. The highest BCUT2D eigenvalue weighted by Crippen LogP contribution is 2.31. The molecule has 0 radical (unpaired) electrons. The summed E-state index contributed by atoms with van der Waals surface area (Å²) in [6.45, 7) is 0. The van der Waals surface area contributed by atoms with Gasteiger partial charge in [0.05, 0.1) is 4.47 Å². The lowest BCUT2D eigenvalue weighted by Crippen LogP contribution is -2.02. The molecule has 0 spiro atoms. The van der Waals surface area contributed by atoms with Crippen LogP contribution in [0.1, 0.15) is 24.0 Å². The number of nitrogens with zero attached hydrogens (tertiary/aromatic N) is 2. The van der Waals surface area contributed by atoms with Crippen molar-refractivity contribution in [3.63, 3.8) is 0 Å². The van der Waals surface area contributed by atoms with Gasteiger partial charge in [0.2, 0.25) is 11.2 Å². The quantitative estimate of drug-likeness (QED) is 0.752. The number of rotatable bonds is 2. The van der Waals surface area contributed by atoms with Crippen molar-refractivity contribution >= 4 is 27.5 Å². The minimum absolute atomic E-state index is 0.177. The number of hydrogen-bond acceptors (Lipinski definition) is 3. The first-order valence-electron chi connectivity index (χ1n) is 6.20. The predicted molar refractivity (Wildman–Crippen MR) is 77.9 cm³/mol. The molecule has 0 amide bonds. The largest absolute Gasteiger partial charge is 0.438 e. The Hall–Kier alpha value is -1.13. The van der Waals surface area contributed by atoms with Crippen LogP contribution in [0.15, 0.2) is 28.9 Å². The van der Waals surface area contributed by atoms with Gasteiger partial charge in [-0.3, -0.25) is 0 Å². The minimum Gasteiger partial charge on any atom is -0.438 e. The van der Waals surface area contributed by atoms with Crippen molar-refractivity contribution in [1.82, 2.24) is 9.97 Å². The predicted octanol–water partition coefficient (Wildman–Crippen LogP) is 4.56. The van der Waals surface area contributed by atoms with E-state index in [1.54, 1.807) is 6.20 Å². The fraction of sp³-hybridized carbons (Fsp3) is 0.286. The first-order chi connectivity index (χ1) is 9.22. The average Bonchev–Trinajstić information content (AvgIpc) is 2.43. The molecular weight excluding hydrogens is 328 g/mol. The summed E-state index contributed by atoms with van der Waals surface area (Å²) in [5, 5.41) is 0.177. The van der Waals surface area contributed by atoms with Gasteiger partial charge in [0, 0.05) is 6.20 Å². The molecule has 0 bridgehead atoms. The maximum absolute atomic E-state index is 5.78. The van der Waals surface area contributed by atoms with Crippen molar-refractivity contribution in [3.05, 3.63) is 45.3 Å². The number of halogens is 2. The highest BCUT2D eigenvalue weighted by atomic mass is 79.9. The van der Waals surface area contributed by atoms with Crippen LogP contribution < -0.4 is 4.74 Å². The lowest BCUT2D eigenvalue weighted by Gasteiger charge is -2.16. The monoisotopic (exact) mass is 338 g/mol. The molecule has 1 aromatic heterocycles. The van der Waals surface area contributed by atoms with E-state index in [9.17, 15) is 0 Å². The lowest BCUT2D eigenvalue weighted by atomic mass is 9.92. The van der Waals surface area contributed by atoms with Gasteiger partial charge in [-0.25, -0.2) is 4.98 Å². The third-order valence-electron chi connectivity index (χ3n) is 3.22. The van der Waals surface area contributed by atoms with E-state index in [-0.39, 0.29) is 5.28 Å². The Balaban J connectivity index is 1.89. The fourth-order valence-electron chi connectivity index (χ4n) is 2.29. The number of aromatic nitrogens is 2. The lowest BCUT2D eigenvalue weighted by molar-refractivity contribution is 0.456. The Morgan fingerprint density at radius 3 is 2.79 bits per heavy atom. The van der Waals surface area contributed by atoms with Crippen LogP contribution in [0.25, 0.3) is 0 Å². The number of aryl methyl sites for hydroxylation is 2. The minimum atomic E-state index is 0.177. The standard InChI is InChI=1S/C14H12BrClN2O/c15-12-8-17-14(16)18-13(12)19-11-6-5-9-3-1-2-4-10(9)7-11/h5-8H,1-4H2. The molecule has 0 fully saturated rings. The Bertz CT molecular complexity index is 618. The summed E-state index contributed by atoms with van der Waals surface area (Å²) in [5.41, 5.74) is 2.80. The molecule has 0 aliphatic heterocycles. The van der Waals surface area contributed by atoms with E-state index in [2.05, 4.69) is 38.0 Å². The summed E-state index contributed by atoms with van der Waals surface area (Å²) in [7, 11) is 0. The zero-order valence-corrected chi connectivity index (χ0v) is 12.5. The van der Waals surface area contributed by atoms with Crippen molar-refractivity contribution in [2.45, 2.75) is 25.7 Å². The summed E-state index contributed by atoms with van der Waals surface area (Å²) < 4.78 is 6.46. The third-order valence-corrected chi connectivity index (χ3v) is 3.94. The molecule has 2 aromatic rings. The molecular formula is C14H12BrClN2O. The zero-order valence-electron chi connectivity index (χ0n) is 10.2. The second kappa shape index (κ2) is 5.47. The summed E-state index contributed by atoms with van der Waals surface area (Å²) >= 11 is 9.13. The maximum Gasteiger partial charge on any atom is 0.237 e. The van der Waals surface area contributed by atoms with Gasteiger partial charge < -0.3 is 4.74 Å². The first-order valence-corrected chi connectivity index (χ1v) is 7.37. The molecule has 1 heterocycles. The van der Waals surface area contributed by atoms with Crippen LogP contribution in [-0.4, -0.2) is 9.97 Å². The molecule has 1 aromatic carbocycles. The topological polar surface area (TPSA) is 35.0 Å². The van der Waals surface area contributed by atoms with E-state index >= 15 is 0 Å². The van der Waals surface area contributed by atoms with Gasteiger partial charge in [0.15, 0.2) is 0 Å². The van der Waals surface area contributed by atoms with Crippen LogP contribution in [0.4, 0.5) is 0 Å². The van der Waals surface area contributed by atoms with Crippen LogP contribution >= 0.6 is 27.5 Å². The number of fused-ring (bicyclic) bond motifs is 1. The molecule has 3 rings (SSSR count). The molecule has 19 heavy (non-hydrogen) atoms. The molecule has 5 heteroatoms. The van der Waals surface area contributed by atoms with Gasteiger partial charge >= 0.3 is 0 Å². The average molecular weight is 340 g/mol. The number of benzene rings is 1. The van der Waals surface area contributed by atoms with Crippen LogP contribution in [0.2, 0.25) is 5.28 Å². The summed E-state index contributed by atoms with van der Waals surface area (Å²) in [5.74, 6) is 1.23. The van der Waals surface area contributed by atoms with Crippen molar-refractivity contribution in [1.29, 1.82) is 0 Å². The van der Waals surface area contributed by atoms with Crippen LogP contribution in [0.5, 0.6) is 11.6 Å². The second-order valence-corrected chi connectivity index (χ2v) is 5.72. The van der Waals surface area contributed by atoms with Crippen molar-refractivity contribution < 1.29 is 4.74 Å². The Morgan fingerprint density at radius 1 is 1.16 bits per heavy atom. The van der Waals surface area contributed by atoms with Gasteiger partial charge in [-0.05, 0) is 76.5 Å². The molecule has 1 aliphatic carbocycles. The third kappa shape index (κ3) is 2.90. The van der Waals surface area contributed by atoms with Crippen LogP contribution in [-0.2, 0) is 12.8 Å². The normalized spacial score (nSPS) is 14.0. The van der Waals surface area contributed by atoms with Crippen molar-refractivity contribution in [2.75, 3.05) is 0 Å². The Morgan fingerprint density at radius 2 is 1.95 bits per heavy atom. The maximum atomic E-state index is 5.78. The molecule has 0 saturated heterocycles. The summed E-state index contributed by atoms with van der Waals surface area (Å²) in [4.78, 5) is 7.94. The molecule has 1 aliphatic rings. The fourth-order valence-corrected chi connectivity index (χ4v) is 2.69. The van der Waals surface area contributed by atoms with E-state index in [1.165, 1.54) is 30.4 Å². The second-order valence-electron chi connectivity index (χ2n) is 4.53. The van der Waals surface area contributed by atoms with Crippen LogP contribution in [0, 0.1) is 0 Å². The smallest absolute Gasteiger partial charge is 0.237 e. The molecule has 0 saturated carbocycles. The van der Waals surface area contributed by atoms with E-state index in [0.29, 0.717) is 10.4 Å².